The summed E-state index contributed by atoms with van der Waals surface area (Å²) in [5, 5.41) is 10.7. The van der Waals surface area contributed by atoms with Crippen LogP contribution < -0.4 is 10.2 Å². The van der Waals surface area contributed by atoms with E-state index in [9.17, 15) is 18.0 Å². The molecule has 0 spiro atoms. The number of carboxylic acid groups (broad SMARTS) is 1. The van der Waals surface area contributed by atoms with Crippen molar-refractivity contribution in [3.8, 4) is 0 Å². The molecule has 1 amide bonds. The molecule has 0 bridgehead atoms. The summed E-state index contributed by atoms with van der Waals surface area (Å²) in [5.41, 5.74) is -0.817. The molecule has 0 aromatic carbocycles. The second kappa shape index (κ2) is 11.6. The lowest BCUT2D eigenvalue weighted by molar-refractivity contribution is -0.137. The van der Waals surface area contributed by atoms with Crippen molar-refractivity contribution in [2.75, 3.05) is 37.6 Å². The third-order valence-electron chi connectivity index (χ3n) is 6.80. The fourth-order valence-electron chi connectivity index (χ4n) is 4.63. The van der Waals surface area contributed by atoms with E-state index in [0.717, 1.165) is 44.3 Å². The van der Waals surface area contributed by atoms with Crippen molar-refractivity contribution < 1.29 is 23.1 Å². The van der Waals surface area contributed by atoms with E-state index in [0.29, 0.717) is 13.1 Å². The molecule has 10 heteroatoms. The van der Waals surface area contributed by atoms with Gasteiger partial charge in [0.25, 0.3) is 0 Å². The molecular formula is C23H34ClF3N4O2. The van der Waals surface area contributed by atoms with Crippen molar-refractivity contribution in [1.29, 1.82) is 0 Å². The summed E-state index contributed by atoms with van der Waals surface area (Å²) in [5.74, 6) is 1.59. The quantitative estimate of drug-likeness (QED) is 0.569. The lowest BCUT2D eigenvalue weighted by atomic mass is 9.85. The van der Waals surface area contributed by atoms with Crippen LogP contribution in [0.5, 0.6) is 0 Å². The van der Waals surface area contributed by atoms with Gasteiger partial charge in [0.15, 0.2) is 0 Å². The van der Waals surface area contributed by atoms with Gasteiger partial charge in [-0.15, -0.1) is 0 Å². The number of hydrogen-bond acceptors (Lipinski definition) is 4. The summed E-state index contributed by atoms with van der Waals surface area (Å²) in [7, 11) is 0. The number of rotatable bonds is 5. The zero-order chi connectivity index (χ0) is 24.0. The molecule has 3 fully saturated rings. The standard InChI is InChI=1S/C14H17ClF3N3.C9H17NO2/c15-11-3-4-19-13(12(11)14(16,17)18)21-7-5-20(6-8-21)9-10-1-2-10;1-2-7-3-5-8(6-4-7)10-9(11)12/h3-4,10H,1-2,5-9H2;7-8,10H,2-6H2,1H3,(H,11,12)/t;7-,8-. The van der Waals surface area contributed by atoms with Gasteiger partial charge in [-0.2, -0.15) is 13.2 Å². The maximum absolute atomic E-state index is 13.2. The topological polar surface area (TPSA) is 68.7 Å². The van der Waals surface area contributed by atoms with E-state index in [1.54, 1.807) is 4.90 Å². The van der Waals surface area contributed by atoms with E-state index >= 15 is 0 Å². The molecule has 4 rings (SSSR count). The summed E-state index contributed by atoms with van der Waals surface area (Å²) in [6.07, 6.45) is 4.19. The molecule has 6 nitrogen and oxygen atoms in total. The van der Waals surface area contributed by atoms with Gasteiger partial charge < -0.3 is 15.3 Å². The van der Waals surface area contributed by atoms with Crippen LogP contribution in [-0.2, 0) is 6.18 Å². The predicted molar refractivity (Wildman–Crippen MR) is 123 cm³/mol. The second-order valence-electron chi connectivity index (χ2n) is 9.30. The molecule has 1 aliphatic heterocycles. The number of halogens is 4. The number of carbonyl (C=O) groups is 1. The highest BCUT2D eigenvalue weighted by atomic mass is 35.5. The third kappa shape index (κ3) is 7.91. The molecule has 2 aliphatic carbocycles. The van der Waals surface area contributed by atoms with Gasteiger partial charge >= 0.3 is 12.3 Å². The van der Waals surface area contributed by atoms with Gasteiger partial charge in [-0.05, 0) is 56.4 Å². The number of amides is 1. The first kappa shape index (κ1) is 25.9. The zero-order valence-electron chi connectivity index (χ0n) is 19.1. The van der Waals surface area contributed by atoms with Gasteiger partial charge in [0.1, 0.15) is 11.4 Å². The molecule has 33 heavy (non-hydrogen) atoms. The fraction of sp³-hybridized carbons (Fsp3) is 0.739. The summed E-state index contributed by atoms with van der Waals surface area (Å²) >= 11 is 5.74. The molecule has 1 aromatic rings. The van der Waals surface area contributed by atoms with E-state index in [-0.39, 0.29) is 16.9 Å². The highest BCUT2D eigenvalue weighted by Crippen LogP contribution is 2.40. The van der Waals surface area contributed by atoms with Gasteiger partial charge in [-0.1, -0.05) is 24.9 Å². The minimum Gasteiger partial charge on any atom is -0.465 e. The Balaban J connectivity index is 0.000000218. The first-order valence-electron chi connectivity index (χ1n) is 11.9. The lowest BCUT2D eigenvalue weighted by Crippen LogP contribution is -2.47. The maximum atomic E-state index is 13.2. The van der Waals surface area contributed by atoms with Gasteiger partial charge in [0, 0.05) is 45.0 Å². The molecular weight excluding hydrogens is 457 g/mol. The average Bonchev–Trinajstić information content (AvgIpc) is 3.58. The van der Waals surface area contributed by atoms with Crippen LogP contribution in [0.25, 0.3) is 0 Å². The van der Waals surface area contributed by atoms with Crippen molar-refractivity contribution in [3.63, 3.8) is 0 Å². The number of pyridine rings is 1. The Morgan fingerprint density at radius 2 is 1.73 bits per heavy atom. The Kier molecular flexibility index (Phi) is 9.09. The second-order valence-corrected chi connectivity index (χ2v) is 9.70. The molecule has 0 atom stereocenters. The molecule has 2 heterocycles. The fourth-order valence-corrected chi connectivity index (χ4v) is 4.88. The van der Waals surface area contributed by atoms with Crippen LogP contribution in [0.3, 0.4) is 0 Å². The molecule has 3 aliphatic rings. The molecule has 1 aromatic heterocycles. The average molecular weight is 491 g/mol. The predicted octanol–water partition coefficient (Wildman–Crippen LogP) is 5.51. The highest BCUT2D eigenvalue weighted by molar-refractivity contribution is 6.31. The number of nitrogens with one attached hydrogen (secondary N) is 1. The van der Waals surface area contributed by atoms with Gasteiger partial charge in [-0.3, -0.25) is 4.90 Å². The van der Waals surface area contributed by atoms with Crippen LogP contribution in [0, 0.1) is 11.8 Å². The summed E-state index contributed by atoms with van der Waals surface area (Å²) < 4.78 is 39.5. The van der Waals surface area contributed by atoms with E-state index in [1.165, 1.54) is 44.4 Å². The van der Waals surface area contributed by atoms with E-state index in [2.05, 4.69) is 22.1 Å². The van der Waals surface area contributed by atoms with Crippen LogP contribution in [0.4, 0.5) is 23.8 Å². The van der Waals surface area contributed by atoms with E-state index in [4.69, 9.17) is 16.7 Å². The van der Waals surface area contributed by atoms with Crippen LogP contribution >= 0.6 is 11.6 Å². The number of anilines is 1. The van der Waals surface area contributed by atoms with Crippen LogP contribution in [0.15, 0.2) is 12.3 Å². The van der Waals surface area contributed by atoms with Crippen molar-refractivity contribution >= 4 is 23.5 Å². The number of nitrogens with zero attached hydrogens (tertiary/aromatic N) is 3. The van der Waals surface area contributed by atoms with Crippen molar-refractivity contribution in [2.45, 2.75) is 64.1 Å². The first-order valence-corrected chi connectivity index (χ1v) is 12.2. The summed E-state index contributed by atoms with van der Waals surface area (Å²) in [4.78, 5) is 18.3. The van der Waals surface area contributed by atoms with Crippen LogP contribution in [0.2, 0.25) is 5.02 Å². The minimum atomic E-state index is -4.48. The summed E-state index contributed by atoms with van der Waals surface area (Å²) in [6, 6.07) is 1.40. The Morgan fingerprint density at radius 1 is 1.12 bits per heavy atom. The monoisotopic (exact) mass is 490 g/mol. The molecule has 1 saturated heterocycles. The molecule has 0 radical (unpaired) electrons. The Morgan fingerprint density at radius 3 is 2.24 bits per heavy atom. The molecule has 0 unspecified atom stereocenters. The molecule has 186 valence electrons. The number of alkyl halides is 3. The number of piperazine rings is 1. The van der Waals surface area contributed by atoms with Crippen molar-refractivity contribution in [1.82, 2.24) is 15.2 Å². The largest absolute Gasteiger partial charge is 0.465 e. The third-order valence-corrected chi connectivity index (χ3v) is 7.12. The van der Waals surface area contributed by atoms with E-state index < -0.39 is 17.8 Å². The van der Waals surface area contributed by atoms with Crippen molar-refractivity contribution in [2.24, 2.45) is 11.8 Å². The Bertz CT molecular complexity index is 775. The molecule has 2 N–H and O–H groups in total. The van der Waals surface area contributed by atoms with Gasteiger partial charge in [0.2, 0.25) is 0 Å². The minimum absolute atomic E-state index is 0.0407. The Hall–Kier alpha value is -1.74. The lowest BCUT2D eigenvalue weighted by Gasteiger charge is -2.36. The smallest absolute Gasteiger partial charge is 0.421 e. The zero-order valence-corrected chi connectivity index (χ0v) is 19.8. The number of hydrogen-bond donors (Lipinski definition) is 2. The normalized spacial score (nSPS) is 24.1. The first-order chi connectivity index (χ1) is 15.7. The van der Waals surface area contributed by atoms with Crippen molar-refractivity contribution in [3.05, 3.63) is 22.8 Å². The number of aromatic nitrogens is 1. The Labute approximate surface area is 198 Å². The van der Waals surface area contributed by atoms with Crippen LogP contribution in [0.1, 0.15) is 57.4 Å². The molecule has 2 saturated carbocycles. The maximum Gasteiger partial charge on any atom is 0.421 e. The van der Waals surface area contributed by atoms with E-state index in [1.807, 2.05) is 0 Å². The highest BCUT2D eigenvalue weighted by Gasteiger charge is 2.39. The van der Waals surface area contributed by atoms with Gasteiger partial charge in [-0.25, -0.2) is 9.78 Å². The summed E-state index contributed by atoms with van der Waals surface area (Å²) in [6.45, 7) is 5.95. The SMILES string of the molecule is CC[C@H]1CC[C@H](NC(=O)O)CC1.FC(F)(F)c1c(Cl)ccnc1N1CCN(CC2CC2)CC1. The van der Waals surface area contributed by atoms with Gasteiger partial charge in [0.05, 0.1) is 5.02 Å². The van der Waals surface area contributed by atoms with Crippen LogP contribution in [-0.4, -0.2) is 59.8 Å².